The zero-order chi connectivity index (χ0) is 14.5. The summed E-state index contributed by atoms with van der Waals surface area (Å²) in [7, 11) is 1.48. The van der Waals surface area contributed by atoms with Crippen molar-refractivity contribution in [2.45, 2.75) is 13.3 Å². The number of aromatic nitrogens is 2. The first kappa shape index (κ1) is 13.9. The number of nitrogen functional groups attached to an aromatic ring is 1. The van der Waals surface area contributed by atoms with E-state index in [0.717, 1.165) is 0 Å². The number of nitrogens with two attached hydrogens (primary N) is 1. The molecule has 0 saturated carbocycles. The Labute approximate surface area is 116 Å². The molecule has 0 aliphatic rings. The molecule has 0 spiro atoms. The minimum Gasteiger partial charge on any atom is -0.494 e. The van der Waals surface area contributed by atoms with Gasteiger partial charge in [0, 0.05) is 13.0 Å². The number of hydrogen-bond acceptors (Lipinski definition) is 6. The summed E-state index contributed by atoms with van der Waals surface area (Å²) in [4.78, 5) is 16.1. The number of para-hydroxylation sites is 1. The van der Waals surface area contributed by atoms with Crippen LogP contribution in [0.3, 0.4) is 0 Å². The van der Waals surface area contributed by atoms with Crippen molar-refractivity contribution in [3.05, 3.63) is 35.5 Å². The number of anilines is 1. The molecular formula is C13H16N4O3. The Hall–Kier alpha value is -2.57. The first-order valence-corrected chi connectivity index (χ1v) is 6.11. The van der Waals surface area contributed by atoms with Gasteiger partial charge in [-0.3, -0.25) is 4.79 Å². The molecule has 106 valence electrons. The van der Waals surface area contributed by atoms with Gasteiger partial charge in [0.1, 0.15) is 0 Å². The molecule has 0 radical (unpaired) electrons. The van der Waals surface area contributed by atoms with E-state index in [0.29, 0.717) is 41.7 Å². The summed E-state index contributed by atoms with van der Waals surface area (Å²) in [6, 6.07) is 5.03. The molecule has 1 aromatic carbocycles. The topological polar surface area (TPSA) is 103 Å². The zero-order valence-electron chi connectivity index (χ0n) is 11.3. The maximum Gasteiger partial charge on any atom is 0.255 e. The average molecular weight is 276 g/mol. The largest absolute Gasteiger partial charge is 0.494 e. The molecule has 1 aromatic heterocycles. The van der Waals surface area contributed by atoms with Crippen molar-refractivity contribution in [3.8, 4) is 5.75 Å². The number of benzene rings is 1. The number of nitrogens with zero attached hydrogens (tertiary/aromatic N) is 2. The van der Waals surface area contributed by atoms with Gasteiger partial charge >= 0.3 is 0 Å². The van der Waals surface area contributed by atoms with E-state index in [9.17, 15) is 4.79 Å². The van der Waals surface area contributed by atoms with Crippen molar-refractivity contribution in [3.63, 3.8) is 0 Å². The predicted molar refractivity (Wildman–Crippen MR) is 72.5 cm³/mol. The summed E-state index contributed by atoms with van der Waals surface area (Å²) >= 11 is 0. The SMILES string of the molecule is COc1c(N)cccc1C(=O)NCCc1nc(C)no1. The molecule has 2 rings (SSSR count). The fourth-order valence-electron chi connectivity index (χ4n) is 1.78. The third kappa shape index (κ3) is 3.05. The summed E-state index contributed by atoms with van der Waals surface area (Å²) in [6.07, 6.45) is 0.469. The Kier molecular flexibility index (Phi) is 4.19. The second-order valence-electron chi connectivity index (χ2n) is 4.17. The van der Waals surface area contributed by atoms with Crippen LogP contribution in [0, 0.1) is 6.92 Å². The van der Waals surface area contributed by atoms with Gasteiger partial charge in [0.2, 0.25) is 5.89 Å². The average Bonchev–Trinajstić information content (AvgIpc) is 2.84. The molecule has 2 aromatic rings. The first-order chi connectivity index (χ1) is 9.61. The highest BCUT2D eigenvalue weighted by atomic mass is 16.5. The summed E-state index contributed by atoms with van der Waals surface area (Å²) in [5.74, 6) is 1.18. The molecular weight excluding hydrogens is 260 g/mol. The lowest BCUT2D eigenvalue weighted by Crippen LogP contribution is -2.26. The van der Waals surface area contributed by atoms with Gasteiger partial charge < -0.3 is 20.3 Å². The molecule has 20 heavy (non-hydrogen) atoms. The monoisotopic (exact) mass is 276 g/mol. The molecule has 7 heteroatoms. The van der Waals surface area contributed by atoms with E-state index < -0.39 is 0 Å². The Morgan fingerprint density at radius 1 is 1.50 bits per heavy atom. The normalized spacial score (nSPS) is 10.3. The lowest BCUT2D eigenvalue weighted by Gasteiger charge is -2.10. The Balaban J connectivity index is 1.97. The molecule has 1 heterocycles. The number of amides is 1. The van der Waals surface area contributed by atoms with Crippen LogP contribution in [0.4, 0.5) is 5.69 Å². The Bertz CT molecular complexity index is 609. The molecule has 7 nitrogen and oxygen atoms in total. The van der Waals surface area contributed by atoms with Gasteiger partial charge in [-0.05, 0) is 19.1 Å². The maximum atomic E-state index is 12.1. The van der Waals surface area contributed by atoms with Crippen LogP contribution in [0.5, 0.6) is 5.75 Å². The Morgan fingerprint density at radius 3 is 2.95 bits per heavy atom. The molecule has 0 saturated heterocycles. The fourth-order valence-corrected chi connectivity index (χ4v) is 1.78. The number of nitrogens with one attached hydrogen (secondary N) is 1. The van der Waals surface area contributed by atoms with Gasteiger partial charge in [0.05, 0.1) is 18.4 Å². The van der Waals surface area contributed by atoms with E-state index in [2.05, 4.69) is 15.5 Å². The summed E-state index contributed by atoms with van der Waals surface area (Å²) in [5, 5.41) is 6.43. The van der Waals surface area contributed by atoms with E-state index in [-0.39, 0.29) is 5.91 Å². The highest BCUT2D eigenvalue weighted by Crippen LogP contribution is 2.25. The second-order valence-corrected chi connectivity index (χ2v) is 4.17. The van der Waals surface area contributed by atoms with Gasteiger partial charge in [-0.1, -0.05) is 11.2 Å². The molecule has 0 bridgehead atoms. The standard InChI is InChI=1S/C13H16N4O3/c1-8-16-11(20-17-8)6-7-15-13(18)9-4-3-5-10(14)12(9)19-2/h3-5H,6-7,14H2,1-2H3,(H,15,18). The maximum absolute atomic E-state index is 12.1. The van der Waals surface area contributed by atoms with E-state index in [1.165, 1.54) is 7.11 Å². The number of hydrogen-bond donors (Lipinski definition) is 2. The van der Waals surface area contributed by atoms with E-state index in [1.807, 2.05) is 0 Å². The van der Waals surface area contributed by atoms with Gasteiger partial charge in [-0.2, -0.15) is 4.98 Å². The number of aryl methyl sites for hydroxylation is 1. The van der Waals surface area contributed by atoms with Gasteiger partial charge in [0.25, 0.3) is 5.91 Å². The lowest BCUT2D eigenvalue weighted by molar-refractivity contribution is 0.0950. The summed E-state index contributed by atoms with van der Waals surface area (Å²) in [6.45, 7) is 2.13. The van der Waals surface area contributed by atoms with E-state index in [1.54, 1.807) is 25.1 Å². The summed E-state index contributed by atoms with van der Waals surface area (Å²) in [5.41, 5.74) is 6.58. The van der Waals surface area contributed by atoms with Crippen molar-refractivity contribution in [2.24, 2.45) is 0 Å². The molecule has 1 amide bonds. The predicted octanol–water partition coefficient (Wildman–Crippen LogP) is 0.941. The molecule has 0 aliphatic carbocycles. The van der Waals surface area contributed by atoms with Crippen LogP contribution < -0.4 is 15.8 Å². The van der Waals surface area contributed by atoms with Crippen LogP contribution >= 0.6 is 0 Å². The van der Waals surface area contributed by atoms with Crippen LogP contribution in [0.1, 0.15) is 22.1 Å². The van der Waals surface area contributed by atoms with Crippen LogP contribution in [-0.2, 0) is 6.42 Å². The van der Waals surface area contributed by atoms with E-state index >= 15 is 0 Å². The molecule has 0 aliphatic heterocycles. The molecule has 0 atom stereocenters. The third-order valence-electron chi connectivity index (χ3n) is 2.69. The van der Waals surface area contributed by atoms with Crippen molar-refractivity contribution < 1.29 is 14.1 Å². The number of carbonyl (C=O) groups is 1. The van der Waals surface area contributed by atoms with Gasteiger partial charge in [-0.25, -0.2) is 0 Å². The summed E-state index contributed by atoms with van der Waals surface area (Å²) < 4.78 is 10.1. The first-order valence-electron chi connectivity index (χ1n) is 6.11. The van der Waals surface area contributed by atoms with E-state index in [4.69, 9.17) is 15.0 Å². The van der Waals surface area contributed by atoms with Crippen molar-refractivity contribution >= 4 is 11.6 Å². The van der Waals surface area contributed by atoms with Crippen LogP contribution in [0.15, 0.2) is 22.7 Å². The van der Waals surface area contributed by atoms with Crippen molar-refractivity contribution in [2.75, 3.05) is 19.4 Å². The van der Waals surface area contributed by atoms with Crippen LogP contribution in [0.25, 0.3) is 0 Å². The zero-order valence-corrected chi connectivity index (χ0v) is 11.3. The van der Waals surface area contributed by atoms with Gasteiger partial charge in [-0.15, -0.1) is 0 Å². The molecule has 0 unspecified atom stereocenters. The fraction of sp³-hybridized carbons (Fsp3) is 0.308. The molecule has 0 fully saturated rings. The Morgan fingerprint density at radius 2 is 2.30 bits per heavy atom. The highest BCUT2D eigenvalue weighted by Gasteiger charge is 2.14. The smallest absolute Gasteiger partial charge is 0.255 e. The molecule has 3 N–H and O–H groups in total. The van der Waals surface area contributed by atoms with Crippen LogP contribution in [-0.4, -0.2) is 29.7 Å². The number of ether oxygens (including phenoxy) is 1. The number of rotatable bonds is 5. The van der Waals surface area contributed by atoms with Crippen LogP contribution in [0.2, 0.25) is 0 Å². The highest BCUT2D eigenvalue weighted by molar-refractivity contribution is 5.98. The van der Waals surface area contributed by atoms with Crippen molar-refractivity contribution in [1.29, 1.82) is 0 Å². The number of carbonyl (C=O) groups excluding carboxylic acids is 1. The second kappa shape index (κ2) is 6.05. The third-order valence-corrected chi connectivity index (χ3v) is 2.69. The number of methoxy groups -OCH3 is 1. The minimum absolute atomic E-state index is 0.259. The van der Waals surface area contributed by atoms with Crippen molar-refractivity contribution in [1.82, 2.24) is 15.5 Å². The quantitative estimate of drug-likeness (QED) is 0.788. The lowest BCUT2D eigenvalue weighted by atomic mass is 10.1. The van der Waals surface area contributed by atoms with Gasteiger partial charge in [0.15, 0.2) is 11.6 Å². The minimum atomic E-state index is -0.259.